The molecule has 0 aliphatic heterocycles. The van der Waals surface area contributed by atoms with Gasteiger partial charge in [0.2, 0.25) is 0 Å². The van der Waals surface area contributed by atoms with Gasteiger partial charge in [-0.1, -0.05) is 30.3 Å². The van der Waals surface area contributed by atoms with Crippen LogP contribution in [0.4, 0.5) is 5.69 Å². The summed E-state index contributed by atoms with van der Waals surface area (Å²) in [4.78, 5) is 30.3. The number of H-pyrrole nitrogens is 1. The molecule has 4 N–H and O–H groups in total. The van der Waals surface area contributed by atoms with Gasteiger partial charge in [0.1, 0.15) is 11.6 Å². The van der Waals surface area contributed by atoms with Crippen LogP contribution in [0.3, 0.4) is 0 Å². The van der Waals surface area contributed by atoms with Gasteiger partial charge in [0.15, 0.2) is 5.75 Å². The van der Waals surface area contributed by atoms with Crippen LogP contribution in [0.15, 0.2) is 65.8 Å². The summed E-state index contributed by atoms with van der Waals surface area (Å²) in [6.45, 7) is 0. The molecule has 0 aliphatic carbocycles. The highest BCUT2D eigenvalue weighted by Crippen LogP contribution is 2.31. The molecule has 0 bridgehead atoms. The van der Waals surface area contributed by atoms with Crippen LogP contribution in [0.25, 0.3) is 11.0 Å². The topological polar surface area (TPSA) is 154 Å². The van der Waals surface area contributed by atoms with Gasteiger partial charge in [-0.3, -0.25) is 14.9 Å². The van der Waals surface area contributed by atoms with E-state index >= 15 is 0 Å². The Balaban J connectivity index is 1.48. The van der Waals surface area contributed by atoms with E-state index in [4.69, 9.17) is 0 Å². The zero-order valence-corrected chi connectivity index (χ0v) is 16.5. The second kappa shape index (κ2) is 8.56. The Kier molecular flexibility index (Phi) is 5.49. The van der Waals surface area contributed by atoms with Crippen LogP contribution >= 0.6 is 0 Å². The molecule has 10 nitrogen and oxygen atoms in total. The molecule has 0 radical (unpaired) electrons. The Morgan fingerprint density at radius 2 is 1.91 bits per heavy atom. The number of amides is 1. The molecule has 1 amide bonds. The fraction of sp³-hybridized carbons (Fsp3) is 0.0455. The first kappa shape index (κ1) is 20.5. The molecule has 0 spiro atoms. The number of carbonyl (C=O) groups is 1. The number of benzene rings is 3. The summed E-state index contributed by atoms with van der Waals surface area (Å²) in [6.07, 6.45) is 1.68. The van der Waals surface area contributed by atoms with Crippen LogP contribution in [-0.4, -0.2) is 37.2 Å². The monoisotopic (exact) mass is 431 g/mol. The number of hydrazone groups is 1. The molecule has 1 aromatic heterocycles. The lowest BCUT2D eigenvalue weighted by Gasteiger charge is -2.02. The fourth-order valence-electron chi connectivity index (χ4n) is 3.13. The maximum absolute atomic E-state index is 12.4. The zero-order valence-electron chi connectivity index (χ0n) is 16.5. The molecule has 1 heterocycles. The van der Waals surface area contributed by atoms with Crippen molar-refractivity contribution in [1.29, 1.82) is 0 Å². The highest BCUT2D eigenvalue weighted by molar-refractivity contribution is 5.98. The summed E-state index contributed by atoms with van der Waals surface area (Å²) in [5.74, 6) is -0.842. The van der Waals surface area contributed by atoms with Crippen molar-refractivity contribution in [1.82, 2.24) is 15.4 Å². The molecule has 32 heavy (non-hydrogen) atoms. The fourth-order valence-corrected chi connectivity index (χ4v) is 3.13. The number of nitrogens with one attached hydrogen (secondary N) is 2. The number of phenolic OH excluding ortho intramolecular Hbond substituents is 2. The van der Waals surface area contributed by atoms with Crippen LogP contribution in [0.1, 0.15) is 27.3 Å². The van der Waals surface area contributed by atoms with Gasteiger partial charge < -0.3 is 15.2 Å². The minimum Gasteiger partial charge on any atom is -0.507 e. The van der Waals surface area contributed by atoms with Gasteiger partial charge in [-0.15, -0.1) is 0 Å². The van der Waals surface area contributed by atoms with Gasteiger partial charge in [-0.05, 0) is 23.8 Å². The maximum atomic E-state index is 12.4. The van der Waals surface area contributed by atoms with Gasteiger partial charge >= 0.3 is 5.69 Å². The number of aromatic nitrogens is 2. The Bertz CT molecular complexity index is 1350. The molecule has 0 aliphatic rings. The molecule has 4 aromatic rings. The molecule has 0 saturated heterocycles. The van der Waals surface area contributed by atoms with E-state index in [-0.39, 0.29) is 5.56 Å². The quantitative estimate of drug-likeness (QED) is 0.209. The van der Waals surface area contributed by atoms with Gasteiger partial charge in [0, 0.05) is 29.7 Å². The zero-order chi connectivity index (χ0) is 22.7. The number of rotatable bonds is 6. The molecular weight excluding hydrogens is 414 g/mol. The SMILES string of the molecule is O=C(N/N=C\c1cc([N+](=O)[O-])c(O)cc1O)c1ccc2nc(Cc3ccccc3)[nH]c2c1. The van der Waals surface area contributed by atoms with E-state index in [1.807, 2.05) is 30.3 Å². The maximum Gasteiger partial charge on any atom is 0.311 e. The minimum absolute atomic E-state index is 0.0376. The van der Waals surface area contributed by atoms with Crippen molar-refractivity contribution in [3.05, 3.63) is 93.3 Å². The summed E-state index contributed by atoms with van der Waals surface area (Å²) in [5.41, 5.74) is 4.52. The molecule has 0 fully saturated rings. The highest BCUT2D eigenvalue weighted by atomic mass is 16.6. The van der Waals surface area contributed by atoms with Crippen molar-refractivity contribution in [2.24, 2.45) is 5.10 Å². The standard InChI is InChI=1S/C22H17N5O5/c28-19-11-20(29)18(27(31)32)10-15(19)12-23-26-22(30)14-6-7-16-17(9-14)25-21(24-16)8-13-4-2-1-3-5-13/h1-7,9-12,28-29H,8H2,(H,24,25)(H,26,30)/b23-12-. The first-order chi connectivity index (χ1) is 15.4. The third-order valence-corrected chi connectivity index (χ3v) is 4.70. The first-order valence-corrected chi connectivity index (χ1v) is 9.47. The van der Waals surface area contributed by atoms with E-state index < -0.39 is 28.0 Å². The predicted molar refractivity (Wildman–Crippen MR) is 117 cm³/mol. The van der Waals surface area contributed by atoms with E-state index in [0.717, 1.165) is 35.3 Å². The first-order valence-electron chi connectivity index (χ1n) is 9.47. The van der Waals surface area contributed by atoms with Crippen molar-refractivity contribution in [2.75, 3.05) is 0 Å². The van der Waals surface area contributed by atoms with Gasteiger partial charge in [0.05, 0.1) is 22.2 Å². The second-order valence-electron chi connectivity index (χ2n) is 6.93. The van der Waals surface area contributed by atoms with Crippen LogP contribution in [-0.2, 0) is 6.42 Å². The number of hydrogen-bond donors (Lipinski definition) is 4. The number of nitro groups is 1. The van der Waals surface area contributed by atoms with Crippen molar-refractivity contribution in [3.8, 4) is 11.5 Å². The van der Waals surface area contributed by atoms with E-state index in [0.29, 0.717) is 17.5 Å². The third kappa shape index (κ3) is 4.38. The number of fused-ring (bicyclic) bond motifs is 1. The van der Waals surface area contributed by atoms with Crippen LogP contribution in [0.2, 0.25) is 0 Å². The lowest BCUT2D eigenvalue weighted by Crippen LogP contribution is -2.17. The predicted octanol–water partition coefficient (Wildman–Crippen LogP) is 3.24. The van der Waals surface area contributed by atoms with Crippen molar-refractivity contribution >= 4 is 28.8 Å². The number of aromatic amines is 1. The summed E-state index contributed by atoms with van der Waals surface area (Å²) in [6, 6.07) is 16.6. The molecule has 0 unspecified atom stereocenters. The molecular formula is C22H17N5O5. The van der Waals surface area contributed by atoms with Crippen LogP contribution < -0.4 is 5.43 Å². The summed E-state index contributed by atoms with van der Waals surface area (Å²) in [7, 11) is 0. The molecule has 3 aromatic carbocycles. The Morgan fingerprint density at radius 1 is 1.12 bits per heavy atom. The molecule has 10 heteroatoms. The number of nitro benzene ring substituents is 1. The van der Waals surface area contributed by atoms with Crippen LogP contribution in [0, 0.1) is 10.1 Å². The van der Waals surface area contributed by atoms with Crippen molar-refractivity contribution in [2.45, 2.75) is 6.42 Å². The summed E-state index contributed by atoms with van der Waals surface area (Å²) < 4.78 is 0. The summed E-state index contributed by atoms with van der Waals surface area (Å²) in [5, 5.41) is 33.9. The number of carbonyl (C=O) groups excluding carboxylic acids is 1. The second-order valence-corrected chi connectivity index (χ2v) is 6.93. The Morgan fingerprint density at radius 3 is 2.66 bits per heavy atom. The largest absolute Gasteiger partial charge is 0.507 e. The molecule has 4 rings (SSSR count). The molecule has 160 valence electrons. The van der Waals surface area contributed by atoms with Crippen LogP contribution in [0.5, 0.6) is 11.5 Å². The summed E-state index contributed by atoms with van der Waals surface area (Å²) >= 11 is 0. The normalized spacial score (nSPS) is 11.1. The lowest BCUT2D eigenvalue weighted by molar-refractivity contribution is -0.385. The Hall–Kier alpha value is -4.73. The van der Waals surface area contributed by atoms with Crippen molar-refractivity contribution < 1.29 is 19.9 Å². The number of phenols is 2. The van der Waals surface area contributed by atoms with E-state index in [2.05, 4.69) is 20.5 Å². The van der Waals surface area contributed by atoms with Crippen molar-refractivity contribution in [3.63, 3.8) is 0 Å². The highest BCUT2D eigenvalue weighted by Gasteiger charge is 2.16. The van der Waals surface area contributed by atoms with Gasteiger partial charge in [0.25, 0.3) is 5.91 Å². The van der Waals surface area contributed by atoms with Gasteiger partial charge in [-0.2, -0.15) is 5.10 Å². The van der Waals surface area contributed by atoms with E-state index in [9.17, 15) is 25.1 Å². The number of nitrogens with zero attached hydrogens (tertiary/aromatic N) is 3. The number of imidazole rings is 1. The number of hydrogen-bond acceptors (Lipinski definition) is 7. The molecule has 0 atom stereocenters. The van der Waals surface area contributed by atoms with E-state index in [1.54, 1.807) is 18.2 Å². The van der Waals surface area contributed by atoms with E-state index in [1.165, 1.54) is 0 Å². The lowest BCUT2D eigenvalue weighted by atomic mass is 10.1. The third-order valence-electron chi connectivity index (χ3n) is 4.70. The Labute approximate surface area is 181 Å². The molecule has 0 saturated carbocycles. The average molecular weight is 431 g/mol. The average Bonchev–Trinajstić information content (AvgIpc) is 3.17. The van der Waals surface area contributed by atoms with Gasteiger partial charge in [-0.25, -0.2) is 10.4 Å². The minimum atomic E-state index is -0.795. The number of aromatic hydroxyl groups is 2. The smallest absolute Gasteiger partial charge is 0.311 e.